The summed E-state index contributed by atoms with van der Waals surface area (Å²) in [5, 5.41) is 0. The monoisotopic (exact) mass is 710 g/mol. The molecule has 0 saturated carbocycles. The van der Waals surface area contributed by atoms with E-state index in [4.69, 9.17) is 0 Å². The molecule has 0 aromatic carbocycles. The Hall–Kier alpha value is -2.68. The SMILES string of the molecule is O=C(N1CCN(C(=O)[C@@](F)(OC(F)(F)C(F)(F)C(F)(F)F)C(F)(F)F)CC1)[C@](F)(OC(F)(F)C(F)(F)C(F)(F)F)C(F)(F)F. The molecule has 28 heteroatoms. The Morgan fingerprint density at radius 2 is 0.591 bits per heavy atom. The highest BCUT2D eigenvalue weighted by molar-refractivity contribution is 5.86. The number of hydrogen-bond donors (Lipinski definition) is 0. The van der Waals surface area contributed by atoms with Gasteiger partial charge in [0.2, 0.25) is 0 Å². The fourth-order valence-electron chi connectivity index (χ4n) is 2.78. The van der Waals surface area contributed by atoms with Crippen LogP contribution in [0.4, 0.5) is 96.6 Å². The van der Waals surface area contributed by atoms with Gasteiger partial charge < -0.3 is 9.80 Å². The molecule has 0 unspecified atom stereocenters. The smallest absolute Gasteiger partial charge is 0.334 e. The molecule has 0 bridgehead atoms. The highest BCUT2D eigenvalue weighted by atomic mass is 19.4. The van der Waals surface area contributed by atoms with Crippen molar-refractivity contribution in [3.05, 3.63) is 0 Å². The standard InChI is InChI=1S/C16H8F22N2O4/c17-7(11(23,24)25,43-15(35,36)9(19,20)13(29,30)31)5(41)39-1-2-40(4-3-39)6(42)8(18,12(26,27)28)44-16(37,38)10(21,22)14(32,33)34/h1-4H2/t7-,8+. The second-order valence-corrected chi connectivity index (χ2v) is 8.15. The first-order valence-corrected chi connectivity index (χ1v) is 10.1. The molecule has 6 nitrogen and oxygen atoms in total. The summed E-state index contributed by atoms with van der Waals surface area (Å²) in [6.45, 7) is -7.94. The van der Waals surface area contributed by atoms with Crippen LogP contribution in [-0.2, 0) is 19.1 Å². The van der Waals surface area contributed by atoms with Crippen LogP contribution in [0.15, 0.2) is 0 Å². The Balaban J connectivity index is 3.35. The quantitative estimate of drug-likeness (QED) is 0.303. The maximum atomic E-state index is 14.4. The fourth-order valence-corrected chi connectivity index (χ4v) is 2.78. The van der Waals surface area contributed by atoms with E-state index in [0.29, 0.717) is 0 Å². The van der Waals surface area contributed by atoms with Crippen LogP contribution in [0.2, 0.25) is 0 Å². The topological polar surface area (TPSA) is 59.1 Å². The van der Waals surface area contributed by atoms with Crippen molar-refractivity contribution in [3.63, 3.8) is 0 Å². The average molecular weight is 710 g/mol. The number of rotatable bonds is 8. The first-order chi connectivity index (χ1) is 18.9. The number of nitrogens with zero attached hydrogens (tertiary/aromatic N) is 2. The predicted octanol–water partition coefficient (Wildman–Crippen LogP) is 5.73. The van der Waals surface area contributed by atoms with Crippen molar-refractivity contribution in [2.45, 2.75) is 60.5 Å². The van der Waals surface area contributed by atoms with Crippen LogP contribution in [0.5, 0.6) is 0 Å². The Bertz CT molecular complexity index is 988. The first-order valence-electron chi connectivity index (χ1n) is 10.1. The number of alkyl halides is 22. The number of piperazine rings is 1. The summed E-state index contributed by atoms with van der Waals surface area (Å²) in [4.78, 5) is 22.1. The minimum atomic E-state index is -7.62. The number of amides is 2. The number of carbonyl (C=O) groups is 2. The van der Waals surface area contributed by atoms with Gasteiger partial charge in [-0.05, 0) is 0 Å². The van der Waals surface area contributed by atoms with Gasteiger partial charge in [-0.3, -0.25) is 19.1 Å². The zero-order chi connectivity index (χ0) is 35.6. The Morgan fingerprint density at radius 3 is 0.750 bits per heavy atom. The molecule has 260 valence electrons. The van der Waals surface area contributed by atoms with Gasteiger partial charge >= 0.3 is 60.5 Å². The molecule has 2 atom stereocenters. The van der Waals surface area contributed by atoms with Gasteiger partial charge in [0.1, 0.15) is 0 Å². The highest BCUT2D eigenvalue weighted by Crippen LogP contribution is 2.53. The molecule has 1 rings (SSSR count). The van der Waals surface area contributed by atoms with Crippen LogP contribution < -0.4 is 0 Å². The summed E-state index contributed by atoms with van der Waals surface area (Å²) < 4.78 is 289. The van der Waals surface area contributed by atoms with Crippen molar-refractivity contribution in [2.75, 3.05) is 26.2 Å². The van der Waals surface area contributed by atoms with Gasteiger partial charge in [-0.25, -0.2) is 0 Å². The lowest BCUT2D eigenvalue weighted by molar-refractivity contribution is -0.474. The molecule has 2 amide bonds. The molecule has 0 aliphatic carbocycles. The van der Waals surface area contributed by atoms with E-state index in [-0.39, 0.29) is 0 Å². The van der Waals surface area contributed by atoms with Gasteiger partial charge in [0.05, 0.1) is 0 Å². The largest absolute Gasteiger partial charge is 0.462 e. The van der Waals surface area contributed by atoms with Gasteiger partial charge in [0.15, 0.2) is 0 Å². The molecule has 44 heavy (non-hydrogen) atoms. The van der Waals surface area contributed by atoms with Crippen LogP contribution in [0.3, 0.4) is 0 Å². The first kappa shape index (κ1) is 39.3. The third-order valence-electron chi connectivity index (χ3n) is 5.11. The van der Waals surface area contributed by atoms with Crippen LogP contribution in [-0.4, -0.2) is 108 Å². The fraction of sp³-hybridized carbons (Fsp3) is 0.875. The normalized spacial score (nSPS) is 19.9. The minimum absolute atomic E-state index is 0.875. The van der Waals surface area contributed by atoms with E-state index in [1.807, 2.05) is 9.47 Å². The van der Waals surface area contributed by atoms with Crippen molar-refractivity contribution in [1.82, 2.24) is 9.80 Å². The van der Waals surface area contributed by atoms with Gasteiger partial charge in [-0.2, -0.15) is 96.6 Å². The molecular weight excluding hydrogens is 702 g/mol. The van der Waals surface area contributed by atoms with Crippen molar-refractivity contribution in [3.8, 4) is 0 Å². The second-order valence-electron chi connectivity index (χ2n) is 8.15. The summed E-state index contributed by atoms with van der Waals surface area (Å²) in [6.07, 6.45) is -44.4. The van der Waals surface area contributed by atoms with Gasteiger partial charge in [0.25, 0.3) is 11.8 Å². The van der Waals surface area contributed by atoms with E-state index in [2.05, 4.69) is 0 Å². The third kappa shape index (κ3) is 6.63. The summed E-state index contributed by atoms with van der Waals surface area (Å²) in [5.41, 5.74) is 0. The third-order valence-corrected chi connectivity index (χ3v) is 5.11. The predicted molar refractivity (Wildman–Crippen MR) is 87.0 cm³/mol. The van der Waals surface area contributed by atoms with Crippen LogP contribution in [0, 0.1) is 0 Å². The lowest BCUT2D eigenvalue weighted by Crippen LogP contribution is -2.67. The second kappa shape index (κ2) is 11.0. The number of hydrogen-bond acceptors (Lipinski definition) is 4. The molecule has 1 aliphatic rings. The van der Waals surface area contributed by atoms with E-state index < -0.39 is 108 Å². The molecule has 0 spiro atoms. The van der Waals surface area contributed by atoms with E-state index in [1.165, 1.54) is 0 Å². The van der Waals surface area contributed by atoms with Crippen molar-refractivity contribution >= 4 is 11.8 Å². The van der Waals surface area contributed by atoms with E-state index in [9.17, 15) is 106 Å². The molecule has 1 saturated heterocycles. The Morgan fingerprint density at radius 1 is 0.386 bits per heavy atom. The van der Waals surface area contributed by atoms with Crippen LogP contribution in [0.25, 0.3) is 0 Å². The molecule has 0 N–H and O–H groups in total. The summed E-state index contributed by atoms with van der Waals surface area (Å²) in [6, 6.07) is 0. The van der Waals surface area contributed by atoms with Crippen LogP contribution in [0.1, 0.15) is 0 Å². The molecular formula is C16H8F22N2O4. The molecule has 1 fully saturated rings. The van der Waals surface area contributed by atoms with Gasteiger partial charge in [-0.1, -0.05) is 0 Å². The lowest BCUT2D eigenvalue weighted by atomic mass is 10.1. The average Bonchev–Trinajstić information content (AvgIpc) is 2.79. The van der Waals surface area contributed by atoms with Gasteiger partial charge in [-0.15, -0.1) is 0 Å². The zero-order valence-corrected chi connectivity index (χ0v) is 19.7. The van der Waals surface area contributed by atoms with Crippen LogP contribution >= 0.6 is 0 Å². The molecule has 1 aliphatic heterocycles. The van der Waals surface area contributed by atoms with E-state index in [1.54, 1.807) is 0 Å². The maximum Gasteiger partial charge on any atom is 0.462 e. The number of halogens is 22. The van der Waals surface area contributed by atoms with Crippen molar-refractivity contribution in [1.29, 1.82) is 0 Å². The Labute approximate surface area is 225 Å². The van der Waals surface area contributed by atoms with Gasteiger partial charge in [0, 0.05) is 26.2 Å². The summed E-state index contributed by atoms with van der Waals surface area (Å²) >= 11 is 0. The van der Waals surface area contributed by atoms with E-state index >= 15 is 0 Å². The highest BCUT2D eigenvalue weighted by Gasteiger charge is 2.81. The van der Waals surface area contributed by atoms with E-state index in [0.717, 1.165) is 0 Å². The molecule has 0 radical (unpaired) electrons. The molecule has 0 aromatic rings. The maximum absolute atomic E-state index is 14.4. The molecule has 1 heterocycles. The lowest BCUT2D eigenvalue weighted by Gasteiger charge is -2.41. The molecule has 0 aromatic heterocycles. The van der Waals surface area contributed by atoms with Crippen molar-refractivity contribution in [2.24, 2.45) is 0 Å². The minimum Gasteiger partial charge on any atom is -0.334 e. The van der Waals surface area contributed by atoms with Crippen molar-refractivity contribution < 1.29 is 116 Å². The number of carbonyl (C=O) groups excluding carboxylic acids is 2. The Kier molecular flexibility index (Phi) is 9.83. The zero-order valence-electron chi connectivity index (χ0n) is 19.7. The summed E-state index contributed by atoms with van der Waals surface area (Å²) in [5.74, 6) is -36.2. The summed E-state index contributed by atoms with van der Waals surface area (Å²) in [7, 11) is 0. The number of ether oxygens (including phenoxy) is 2.